The van der Waals surface area contributed by atoms with Crippen LogP contribution in [0.2, 0.25) is 0 Å². The van der Waals surface area contributed by atoms with Crippen molar-refractivity contribution in [3.63, 3.8) is 0 Å². The van der Waals surface area contributed by atoms with E-state index in [2.05, 4.69) is 10.6 Å². The molecule has 0 aliphatic carbocycles. The normalized spacial score (nSPS) is 37.5. The van der Waals surface area contributed by atoms with Crippen LogP contribution in [0.4, 0.5) is 0 Å². The molecule has 0 aromatic carbocycles. The first-order valence-electron chi connectivity index (χ1n) is 10.7. The zero-order chi connectivity index (χ0) is 27.3. The minimum Gasteiger partial charge on any atom is -0.479 e. The van der Waals surface area contributed by atoms with Crippen LogP contribution >= 0.6 is 0 Å². The van der Waals surface area contributed by atoms with Gasteiger partial charge >= 0.3 is 11.9 Å². The maximum atomic E-state index is 11.9. The van der Waals surface area contributed by atoms with Crippen LogP contribution in [0.3, 0.4) is 0 Å². The molecule has 0 unspecified atom stereocenters. The summed E-state index contributed by atoms with van der Waals surface area (Å²) < 4.78 is 21.2. The number of hydrogen-bond donors (Lipinski definition) is 9. The van der Waals surface area contributed by atoms with Gasteiger partial charge < -0.3 is 65.3 Å². The summed E-state index contributed by atoms with van der Waals surface area (Å²) in [6.45, 7) is 0.824. The molecule has 17 heteroatoms. The summed E-state index contributed by atoms with van der Waals surface area (Å²) in [4.78, 5) is 46.7. The lowest BCUT2D eigenvalue weighted by Gasteiger charge is -2.47. The number of carbonyl (C=O) groups is 4. The Balaban J connectivity index is 2.38. The molecule has 36 heavy (non-hydrogen) atoms. The average molecular weight is 526 g/mol. The zero-order valence-corrected chi connectivity index (χ0v) is 19.2. The Morgan fingerprint density at radius 1 is 0.833 bits per heavy atom. The number of carboxylic acid groups (broad SMARTS) is 2. The Kier molecular flexibility index (Phi) is 10.5. The van der Waals surface area contributed by atoms with E-state index in [0.717, 1.165) is 13.8 Å². The fourth-order valence-electron chi connectivity index (χ4n) is 3.72. The van der Waals surface area contributed by atoms with E-state index in [1.807, 2.05) is 0 Å². The van der Waals surface area contributed by atoms with Crippen LogP contribution in [0.25, 0.3) is 0 Å². The highest BCUT2D eigenvalue weighted by Crippen LogP contribution is 2.30. The largest absolute Gasteiger partial charge is 0.479 e. The zero-order valence-electron chi connectivity index (χ0n) is 19.2. The van der Waals surface area contributed by atoms with Crippen LogP contribution in [0.1, 0.15) is 13.8 Å². The van der Waals surface area contributed by atoms with Crippen molar-refractivity contribution in [1.82, 2.24) is 10.6 Å². The minimum absolute atomic E-state index is 0.567. The van der Waals surface area contributed by atoms with Crippen molar-refractivity contribution >= 4 is 23.8 Å². The number of carboxylic acids is 2. The summed E-state index contributed by atoms with van der Waals surface area (Å²) in [5, 5.41) is 73.3. The highest BCUT2D eigenvalue weighted by atomic mass is 16.7. The molecule has 11 atom stereocenters. The van der Waals surface area contributed by atoms with E-state index in [4.69, 9.17) is 24.1 Å². The van der Waals surface area contributed by atoms with Gasteiger partial charge in [0.25, 0.3) is 0 Å². The number of hydrogen-bond acceptors (Lipinski definition) is 13. The highest BCUT2D eigenvalue weighted by molar-refractivity contribution is 5.75. The van der Waals surface area contributed by atoms with E-state index in [1.54, 1.807) is 0 Å². The van der Waals surface area contributed by atoms with Gasteiger partial charge in [-0.15, -0.1) is 0 Å². The predicted octanol–water partition coefficient (Wildman–Crippen LogP) is -5.55. The molecule has 2 rings (SSSR count). The molecule has 0 bridgehead atoms. The topological polar surface area (TPSA) is 271 Å². The second-order valence-corrected chi connectivity index (χ2v) is 8.22. The van der Waals surface area contributed by atoms with E-state index >= 15 is 0 Å². The van der Waals surface area contributed by atoms with E-state index in [1.165, 1.54) is 0 Å². The minimum atomic E-state index is -2.05. The third-order valence-electron chi connectivity index (χ3n) is 5.36. The Labute approximate surface area is 203 Å². The number of ether oxygens (including phenoxy) is 4. The third kappa shape index (κ3) is 7.05. The molecule has 0 saturated carbocycles. The molecule has 2 heterocycles. The molecule has 2 saturated heterocycles. The molecule has 2 aliphatic heterocycles. The molecule has 206 valence electrons. The van der Waals surface area contributed by atoms with Crippen LogP contribution in [-0.4, -0.2) is 140 Å². The molecule has 0 spiro atoms. The van der Waals surface area contributed by atoms with E-state index in [-0.39, 0.29) is 0 Å². The molecule has 0 aromatic rings. The molecule has 17 nitrogen and oxygen atoms in total. The van der Waals surface area contributed by atoms with Gasteiger partial charge in [0.2, 0.25) is 11.8 Å². The second kappa shape index (κ2) is 12.7. The van der Waals surface area contributed by atoms with Gasteiger partial charge in [-0.05, 0) is 0 Å². The van der Waals surface area contributed by atoms with Gasteiger partial charge in [0.1, 0.15) is 42.6 Å². The first-order valence-corrected chi connectivity index (χ1v) is 10.7. The maximum absolute atomic E-state index is 11.9. The van der Waals surface area contributed by atoms with Gasteiger partial charge in [0.05, 0.1) is 13.2 Å². The highest BCUT2D eigenvalue weighted by Gasteiger charge is 2.54. The summed E-state index contributed by atoms with van der Waals surface area (Å²) in [7, 11) is 0. The van der Waals surface area contributed by atoms with Crippen molar-refractivity contribution in [2.24, 2.45) is 0 Å². The number of amides is 2. The molecule has 2 amide bonds. The molecular weight excluding hydrogens is 496 g/mol. The van der Waals surface area contributed by atoms with Crippen LogP contribution in [0, 0.1) is 0 Å². The van der Waals surface area contributed by atoms with Gasteiger partial charge in [-0.2, -0.15) is 0 Å². The maximum Gasteiger partial charge on any atom is 0.335 e. The van der Waals surface area contributed by atoms with Crippen molar-refractivity contribution in [2.75, 3.05) is 13.2 Å². The third-order valence-corrected chi connectivity index (χ3v) is 5.36. The SMILES string of the molecule is CC(=O)N[C@@H]1[C@H](OC[C@@H](O)CO)O[C@@H](C(=O)O)[C@@H](O[C@@H]2O[C@@H](C(=O)O)[C@@H](O)[C@H](O)[C@@H]2NC(C)=O)[C@@H]1O. The quantitative estimate of drug-likeness (QED) is 0.128. The fourth-order valence-corrected chi connectivity index (χ4v) is 3.72. The monoisotopic (exact) mass is 526 g/mol. The van der Waals surface area contributed by atoms with E-state index < -0.39 is 104 Å². The van der Waals surface area contributed by atoms with E-state index in [9.17, 15) is 49.8 Å². The number of rotatable bonds is 10. The molecule has 0 radical (unpaired) electrons. The Hall–Kier alpha value is -2.48. The van der Waals surface area contributed by atoms with Crippen molar-refractivity contribution in [2.45, 2.75) is 81.2 Å². The Morgan fingerprint density at radius 3 is 1.81 bits per heavy atom. The van der Waals surface area contributed by atoms with Crippen molar-refractivity contribution in [1.29, 1.82) is 0 Å². The molecule has 9 N–H and O–H groups in total. The number of aliphatic hydroxyl groups is 5. The molecule has 2 aliphatic rings. The summed E-state index contributed by atoms with van der Waals surface area (Å²) in [6, 6.07) is -3.11. The van der Waals surface area contributed by atoms with Gasteiger partial charge in [-0.3, -0.25) is 9.59 Å². The predicted molar refractivity (Wildman–Crippen MR) is 110 cm³/mol. The summed E-state index contributed by atoms with van der Waals surface area (Å²) in [5.74, 6) is -4.86. The van der Waals surface area contributed by atoms with Crippen LogP contribution in [0.15, 0.2) is 0 Å². The van der Waals surface area contributed by atoms with Crippen molar-refractivity contribution in [3.8, 4) is 0 Å². The summed E-state index contributed by atoms with van der Waals surface area (Å²) in [6.07, 6.45) is -16.8. The standard InChI is InChI=1S/C19H30N2O15/c1-5(23)20-8-10(26)12(28)14(16(29)30)35-19(8)34-13-11(27)9(21-6(2)24)18(33-4-7(25)3-22)36-15(13)17(31)32/h7-15,18-19,22,25-28H,3-4H2,1-2H3,(H,20,23)(H,21,24)(H,29,30)(H,31,32)/t7-,8-,9-,10+,11+,12-,13-,14+,15+,18+,19+/m0/s1. The van der Waals surface area contributed by atoms with Crippen LogP contribution in [-0.2, 0) is 38.1 Å². The first-order chi connectivity index (χ1) is 16.8. The number of carbonyl (C=O) groups excluding carboxylic acids is 2. The van der Waals surface area contributed by atoms with Gasteiger partial charge in [0.15, 0.2) is 24.8 Å². The first kappa shape index (κ1) is 29.7. The van der Waals surface area contributed by atoms with Crippen molar-refractivity contribution < 1.29 is 73.9 Å². The molecule has 0 aromatic heterocycles. The number of aliphatic hydroxyl groups excluding tert-OH is 5. The fraction of sp³-hybridized carbons (Fsp3) is 0.789. The Bertz CT molecular complexity index is 812. The van der Waals surface area contributed by atoms with Crippen LogP contribution in [0.5, 0.6) is 0 Å². The lowest BCUT2D eigenvalue weighted by atomic mass is 9.94. The number of aliphatic carboxylic acids is 2. The molecule has 2 fully saturated rings. The van der Waals surface area contributed by atoms with Gasteiger partial charge in [0, 0.05) is 13.8 Å². The van der Waals surface area contributed by atoms with E-state index in [0.29, 0.717) is 0 Å². The summed E-state index contributed by atoms with van der Waals surface area (Å²) >= 11 is 0. The summed E-state index contributed by atoms with van der Waals surface area (Å²) in [5.41, 5.74) is 0. The lowest BCUT2D eigenvalue weighted by Crippen LogP contribution is -2.70. The van der Waals surface area contributed by atoms with Gasteiger partial charge in [-0.25, -0.2) is 9.59 Å². The average Bonchev–Trinajstić information content (AvgIpc) is 2.78. The number of nitrogens with one attached hydrogen (secondary N) is 2. The van der Waals surface area contributed by atoms with Gasteiger partial charge in [-0.1, -0.05) is 0 Å². The lowest BCUT2D eigenvalue weighted by molar-refractivity contribution is -0.324. The smallest absolute Gasteiger partial charge is 0.335 e. The second-order valence-electron chi connectivity index (χ2n) is 8.22. The van der Waals surface area contributed by atoms with Crippen LogP contribution < -0.4 is 10.6 Å². The molecular formula is C19H30N2O15. The van der Waals surface area contributed by atoms with Crippen molar-refractivity contribution in [3.05, 3.63) is 0 Å². The Morgan fingerprint density at radius 2 is 1.33 bits per heavy atom.